The molecule has 5 heterocycles. The van der Waals surface area contributed by atoms with Gasteiger partial charge in [-0.1, -0.05) is 12.1 Å². The Bertz CT molecular complexity index is 1230. The molecule has 1 aromatic carbocycles. The second-order valence-electron chi connectivity index (χ2n) is 11.4. The third kappa shape index (κ3) is 5.03. The highest BCUT2D eigenvalue weighted by atomic mass is 19.3. The molecule has 2 fully saturated rings. The van der Waals surface area contributed by atoms with E-state index >= 15 is 0 Å². The van der Waals surface area contributed by atoms with E-state index in [1.165, 1.54) is 6.07 Å². The Kier molecular flexibility index (Phi) is 7.31. The van der Waals surface area contributed by atoms with Crippen LogP contribution in [0.5, 0.6) is 0 Å². The van der Waals surface area contributed by atoms with Crippen LogP contribution >= 0.6 is 0 Å². The number of hydrogen-bond acceptors (Lipinski definition) is 5. The zero-order valence-corrected chi connectivity index (χ0v) is 22.7. The van der Waals surface area contributed by atoms with Gasteiger partial charge in [0.2, 0.25) is 11.8 Å². The van der Waals surface area contributed by atoms with Crippen molar-refractivity contribution in [2.45, 2.75) is 70.9 Å². The number of hydrogen-bond donors (Lipinski definition) is 1. The highest BCUT2D eigenvalue weighted by Crippen LogP contribution is 2.41. The van der Waals surface area contributed by atoms with Crippen molar-refractivity contribution in [1.29, 1.82) is 0 Å². The van der Waals surface area contributed by atoms with Gasteiger partial charge in [-0.15, -0.1) is 0 Å². The highest BCUT2D eigenvalue weighted by Gasteiger charge is 2.35. The lowest BCUT2D eigenvalue weighted by Crippen LogP contribution is -2.45. The second kappa shape index (κ2) is 10.9. The Morgan fingerprint density at radius 2 is 1.77 bits per heavy atom. The van der Waals surface area contributed by atoms with Gasteiger partial charge in [0.15, 0.2) is 5.82 Å². The summed E-state index contributed by atoms with van der Waals surface area (Å²) in [7, 11) is 0. The van der Waals surface area contributed by atoms with Crippen molar-refractivity contribution in [2.24, 2.45) is 5.92 Å². The number of benzene rings is 1. The number of aromatic nitrogens is 2. The predicted molar refractivity (Wildman–Crippen MR) is 144 cm³/mol. The quantitative estimate of drug-likeness (QED) is 0.636. The van der Waals surface area contributed by atoms with E-state index in [0.717, 1.165) is 93.0 Å². The van der Waals surface area contributed by atoms with Gasteiger partial charge >= 0.3 is 0 Å². The average molecular weight is 541 g/mol. The molecule has 39 heavy (non-hydrogen) atoms. The fourth-order valence-corrected chi connectivity index (χ4v) is 6.82. The second-order valence-corrected chi connectivity index (χ2v) is 11.4. The number of amides is 2. The van der Waals surface area contributed by atoms with Gasteiger partial charge in [0, 0.05) is 67.9 Å². The maximum atomic E-state index is 13.6. The number of piperidine rings is 2. The number of nitrogens with zero attached hydrogens (tertiary/aromatic N) is 5. The molecule has 1 aromatic heterocycles. The van der Waals surface area contributed by atoms with Crippen molar-refractivity contribution in [2.75, 3.05) is 44.2 Å². The van der Waals surface area contributed by atoms with E-state index in [9.17, 15) is 18.4 Å². The lowest BCUT2D eigenvalue weighted by atomic mass is 9.94. The number of rotatable bonds is 4. The van der Waals surface area contributed by atoms with Crippen molar-refractivity contribution in [3.63, 3.8) is 0 Å². The number of halogens is 2. The predicted octanol–water partition coefficient (Wildman–Crippen LogP) is 3.97. The summed E-state index contributed by atoms with van der Waals surface area (Å²) in [4.78, 5) is 31.4. The van der Waals surface area contributed by atoms with Crippen LogP contribution in [0.25, 0.3) is 0 Å². The summed E-state index contributed by atoms with van der Waals surface area (Å²) >= 11 is 0. The van der Waals surface area contributed by atoms with Gasteiger partial charge < -0.3 is 20.0 Å². The number of anilines is 2. The number of carbonyl (C=O) groups excluding carboxylic acids is 2. The zero-order chi connectivity index (χ0) is 27.1. The third-order valence-corrected chi connectivity index (χ3v) is 9.06. The lowest BCUT2D eigenvalue weighted by molar-refractivity contribution is -0.137. The van der Waals surface area contributed by atoms with Crippen LogP contribution in [0.2, 0.25) is 0 Å². The first-order chi connectivity index (χ1) is 18.9. The third-order valence-electron chi connectivity index (χ3n) is 9.06. The molecule has 0 spiro atoms. The van der Waals surface area contributed by atoms with Crippen LogP contribution in [-0.4, -0.2) is 70.7 Å². The van der Waals surface area contributed by atoms with Gasteiger partial charge in [0.25, 0.3) is 6.43 Å². The van der Waals surface area contributed by atoms with E-state index in [1.807, 2.05) is 15.9 Å². The minimum absolute atomic E-state index is 0.0186. The number of nitrogens with one attached hydrogen (secondary N) is 1. The van der Waals surface area contributed by atoms with E-state index in [-0.39, 0.29) is 29.3 Å². The molecule has 0 bridgehead atoms. The number of likely N-dealkylation sites (tertiary alicyclic amines) is 1. The van der Waals surface area contributed by atoms with Crippen LogP contribution < -0.4 is 10.2 Å². The van der Waals surface area contributed by atoms with Gasteiger partial charge in [-0.2, -0.15) is 5.10 Å². The van der Waals surface area contributed by atoms with Crippen LogP contribution in [0, 0.1) is 5.92 Å². The van der Waals surface area contributed by atoms with Crippen LogP contribution in [0.1, 0.15) is 73.9 Å². The van der Waals surface area contributed by atoms with E-state index in [4.69, 9.17) is 5.10 Å². The lowest BCUT2D eigenvalue weighted by Gasteiger charge is -2.36. The molecular weight excluding hydrogens is 502 g/mol. The maximum Gasteiger partial charge on any atom is 0.263 e. The Morgan fingerprint density at radius 3 is 2.49 bits per heavy atom. The summed E-state index contributed by atoms with van der Waals surface area (Å²) in [5.41, 5.74) is 4.04. The highest BCUT2D eigenvalue weighted by molar-refractivity contribution is 5.79. The topological polar surface area (TPSA) is 73.7 Å². The molecule has 8 nitrogen and oxygen atoms in total. The summed E-state index contributed by atoms with van der Waals surface area (Å²) in [6, 6.07) is 5.13. The molecule has 4 aliphatic rings. The molecule has 0 aliphatic carbocycles. The maximum absolute atomic E-state index is 13.6. The van der Waals surface area contributed by atoms with Crippen molar-refractivity contribution in [3.8, 4) is 0 Å². The molecule has 0 atom stereocenters. The Morgan fingerprint density at radius 1 is 1.00 bits per heavy atom. The minimum Gasteiger partial charge on any atom is -0.342 e. The molecule has 2 amide bonds. The molecule has 2 aromatic rings. The van der Waals surface area contributed by atoms with Gasteiger partial charge in [-0.25, -0.2) is 8.78 Å². The largest absolute Gasteiger partial charge is 0.342 e. The van der Waals surface area contributed by atoms with E-state index in [2.05, 4.69) is 14.9 Å². The van der Waals surface area contributed by atoms with Crippen LogP contribution in [-0.2, 0) is 29.0 Å². The monoisotopic (exact) mass is 540 g/mol. The number of alkyl halides is 2. The Balaban J connectivity index is 1.29. The Labute approximate surface area is 228 Å². The molecule has 2 saturated heterocycles. The van der Waals surface area contributed by atoms with Crippen LogP contribution in [0.4, 0.5) is 20.3 Å². The molecule has 10 heteroatoms. The molecule has 0 saturated carbocycles. The van der Waals surface area contributed by atoms with Crippen molar-refractivity contribution in [3.05, 3.63) is 40.6 Å². The standard InChI is InChI=1S/C29H38F2N6O2/c1-19(38)35-16-10-25-24(18-35)28(36-13-2-3-20-4-5-22(27(30)31)17-26(20)36)33-37(25)23-8-14-34(15-9-23)29(39)21-6-11-32-12-7-21/h4-5,17,21,23,27,32H,2-3,6-16,18H2,1H3. The number of aryl methyl sites for hydroxylation is 1. The van der Waals surface area contributed by atoms with Crippen molar-refractivity contribution in [1.82, 2.24) is 24.9 Å². The van der Waals surface area contributed by atoms with Gasteiger partial charge in [-0.05, 0) is 63.2 Å². The molecule has 0 unspecified atom stereocenters. The SMILES string of the molecule is CC(=O)N1CCc2c(c(N3CCCc4ccc(C(F)F)cc43)nn2C2CCN(C(=O)C3CCNCC3)CC2)C1. The molecular formula is C29H38F2N6O2. The van der Waals surface area contributed by atoms with E-state index in [0.29, 0.717) is 26.1 Å². The summed E-state index contributed by atoms with van der Waals surface area (Å²) in [5, 5.41) is 8.51. The first-order valence-corrected chi connectivity index (χ1v) is 14.4. The summed E-state index contributed by atoms with van der Waals surface area (Å²) in [5.74, 6) is 1.23. The molecule has 0 radical (unpaired) electrons. The Hall–Kier alpha value is -3.01. The normalized spacial score (nSPS) is 20.8. The van der Waals surface area contributed by atoms with Gasteiger partial charge in [0.1, 0.15) is 0 Å². The zero-order valence-electron chi connectivity index (χ0n) is 22.7. The van der Waals surface area contributed by atoms with Crippen LogP contribution in [0.3, 0.4) is 0 Å². The van der Waals surface area contributed by atoms with Crippen molar-refractivity contribution >= 4 is 23.3 Å². The molecule has 4 aliphatic heterocycles. The summed E-state index contributed by atoms with van der Waals surface area (Å²) < 4.78 is 29.4. The van der Waals surface area contributed by atoms with E-state index < -0.39 is 6.43 Å². The first kappa shape index (κ1) is 26.2. The molecule has 210 valence electrons. The smallest absolute Gasteiger partial charge is 0.263 e. The van der Waals surface area contributed by atoms with Crippen molar-refractivity contribution < 1.29 is 18.4 Å². The van der Waals surface area contributed by atoms with Gasteiger partial charge in [-0.3, -0.25) is 14.3 Å². The number of carbonyl (C=O) groups is 2. The first-order valence-electron chi connectivity index (χ1n) is 14.4. The molecule has 6 rings (SSSR count). The number of fused-ring (bicyclic) bond motifs is 2. The van der Waals surface area contributed by atoms with Gasteiger partial charge in [0.05, 0.1) is 12.6 Å². The summed E-state index contributed by atoms with van der Waals surface area (Å²) in [6.45, 7) is 6.68. The van der Waals surface area contributed by atoms with E-state index in [1.54, 1.807) is 13.0 Å². The summed E-state index contributed by atoms with van der Waals surface area (Å²) in [6.07, 6.45) is 3.44. The molecule has 1 N–H and O–H groups in total. The minimum atomic E-state index is -2.53. The fourth-order valence-electron chi connectivity index (χ4n) is 6.82. The average Bonchev–Trinajstić information content (AvgIpc) is 3.35. The van der Waals surface area contributed by atoms with Crippen LogP contribution in [0.15, 0.2) is 18.2 Å². The fraction of sp³-hybridized carbons (Fsp3) is 0.621.